The van der Waals surface area contributed by atoms with Crippen LogP contribution in [-0.2, 0) is 0 Å². The Morgan fingerprint density at radius 1 is 1.50 bits per heavy atom. The molecule has 4 nitrogen and oxygen atoms in total. The van der Waals surface area contributed by atoms with Gasteiger partial charge >= 0.3 is 0 Å². The van der Waals surface area contributed by atoms with E-state index in [1.54, 1.807) is 11.3 Å². The van der Waals surface area contributed by atoms with Gasteiger partial charge in [-0.25, -0.2) is 4.98 Å². The zero-order chi connectivity index (χ0) is 13.0. The van der Waals surface area contributed by atoms with E-state index in [0.717, 1.165) is 44.2 Å². The molecule has 0 radical (unpaired) electrons. The molecule has 2 heterocycles. The van der Waals surface area contributed by atoms with Crippen LogP contribution in [0.5, 0.6) is 0 Å². The lowest BCUT2D eigenvalue weighted by Crippen LogP contribution is -2.50. The van der Waals surface area contributed by atoms with Crippen molar-refractivity contribution in [2.24, 2.45) is 0 Å². The highest BCUT2D eigenvalue weighted by atomic mass is 35.5. The first kappa shape index (κ1) is 13.6. The molecule has 0 bridgehead atoms. The molecule has 2 rings (SSSR count). The summed E-state index contributed by atoms with van der Waals surface area (Å²) in [5.41, 5.74) is 0. The molecule has 1 aromatic heterocycles. The first-order valence-corrected chi connectivity index (χ1v) is 7.50. The van der Waals surface area contributed by atoms with Gasteiger partial charge in [0.05, 0.1) is 12.1 Å². The summed E-state index contributed by atoms with van der Waals surface area (Å²) in [6.07, 6.45) is 2.01. The van der Waals surface area contributed by atoms with Crippen LogP contribution in [0.2, 0.25) is 5.15 Å². The van der Waals surface area contributed by atoms with Crippen LogP contribution in [0.3, 0.4) is 0 Å². The standard InChI is InChI=1S/C12H17ClN4S/c1-2-3-10(8-14)16-4-6-17(7-5-16)12-15-11(13)9-18-12/h9-10H,2-7H2,1H3. The SMILES string of the molecule is CCCC(C#N)N1CCN(c2nc(Cl)cs2)CC1. The Bertz CT molecular complexity index is 420. The third-order valence-electron chi connectivity index (χ3n) is 3.20. The van der Waals surface area contributed by atoms with Gasteiger partial charge < -0.3 is 4.90 Å². The van der Waals surface area contributed by atoms with Crippen LogP contribution < -0.4 is 4.90 Å². The van der Waals surface area contributed by atoms with E-state index in [0.29, 0.717) is 5.15 Å². The molecule has 0 aromatic carbocycles. The third kappa shape index (κ3) is 3.14. The molecule has 1 fully saturated rings. The van der Waals surface area contributed by atoms with Gasteiger partial charge in [-0.15, -0.1) is 11.3 Å². The minimum Gasteiger partial charge on any atom is -0.345 e. The summed E-state index contributed by atoms with van der Waals surface area (Å²) >= 11 is 7.42. The van der Waals surface area contributed by atoms with Gasteiger partial charge in [0.25, 0.3) is 0 Å². The van der Waals surface area contributed by atoms with Gasteiger partial charge in [0.2, 0.25) is 0 Å². The first-order valence-electron chi connectivity index (χ1n) is 6.24. The Balaban J connectivity index is 1.90. The summed E-state index contributed by atoms with van der Waals surface area (Å²) in [5.74, 6) is 0. The zero-order valence-electron chi connectivity index (χ0n) is 10.5. The van der Waals surface area contributed by atoms with E-state index in [1.807, 2.05) is 5.38 Å². The Labute approximate surface area is 117 Å². The fourth-order valence-electron chi connectivity index (χ4n) is 2.22. The molecule has 1 saturated heterocycles. The van der Waals surface area contributed by atoms with Crippen molar-refractivity contribution in [3.05, 3.63) is 10.5 Å². The van der Waals surface area contributed by atoms with Crippen molar-refractivity contribution < 1.29 is 0 Å². The van der Waals surface area contributed by atoms with E-state index < -0.39 is 0 Å². The molecule has 6 heteroatoms. The van der Waals surface area contributed by atoms with Crippen molar-refractivity contribution in [1.29, 1.82) is 5.26 Å². The molecule has 0 amide bonds. The predicted octanol–water partition coefficient (Wildman–Crippen LogP) is 2.61. The number of aromatic nitrogens is 1. The molecule has 1 aliphatic heterocycles. The topological polar surface area (TPSA) is 43.2 Å². The Kier molecular flexibility index (Phi) is 4.81. The molecule has 0 saturated carbocycles. The van der Waals surface area contributed by atoms with Crippen LogP contribution in [0.4, 0.5) is 5.13 Å². The summed E-state index contributed by atoms with van der Waals surface area (Å²) in [6, 6.07) is 2.47. The van der Waals surface area contributed by atoms with Gasteiger partial charge in [0.15, 0.2) is 5.13 Å². The molecule has 1 unspecified atom stereocenters. The fourth-order valence-corrected chi connectivity index (χ4v) is 3.22. The van der Waals surface area contributed by atoms with E-state index in [2.05, 4.69) is 27.8 Å². The van der Waals surface area contributed by atoms with E-state index in [-0.39, 0.29) is 6.04 Å². The largest absolute Gasteiger partial charge is 0.345 e. The summed E-state index contributed by atoms with van der Waals surface area (Å²) in [7, 11) is 0. The van der Waals surface area contributed by atoms with Gasteiger partial charge in [-0.3, -0.25) is 4.90 Å². The van der Waals surface area contributed by atoms with Gasteiger partial charge in [0, 0.05) is 31.6 Å². The van der Waals surface area contributed by atoms with Crippen molar-refractivity contribution in [2.45, 2.75) is 25.8 Å². The molecular weight excluding hydrogens is 268 g/mol. The molecule has 98 valence electrons. The van der Waals surface area contributed by atoms with Gasteiger partial charge in [-0.2, -0.15) is 5.26 Å². The maximum Gasteiger partial charge on any atom is 0.186 e. The fraction of sp³-hybridized carbons (Fsp3) is 0.667. The lowest BCUT2D eigenvalue weighted by atomic mass is 10.1. The molecule has 18 heavy (non-hydrogen) atoms. The second kappa shape index (κ2) is 6.37. The average Bonchev–Trinajstić information content (AvgIpc) is 2.83. The van der Waals surface area contributed by atoms with Crippen LogP contribution in [0.1, 0.15) is 19.8 Å². The van der Waals surface area contributed by atoms with Crippen LogP contribution >= 0.6 is 22.9 Å². The monoisotopic (exact) mass is 284 g/mol. The third-order valence-corrected chi connectivity index (χ3v) is 4.43. The predicted molar refractivity (Wildman–Crippen MR) is 75.2 cm³/mol. The van der Waals surface area contributed by atoms with E-state index in [4.69, 9.17) is 16.9 Å². The van der Waals surface area contributed by atoms with Crippen LogP contribution in [0, 0.1) is 11.3 Å². The number of rotatable bonds is 4. The number of anilines is 1. The molecule has 1 atom stereocenters. The molecular formula is C12H17ClN4S. The maximum atomic E-state index is 9.16. The average molecular weight is 285 g/mol. The molecule has 0 aliphatic carbocycles. The highest BCUT2D eigenvalue weighted by Crippen LogP contribution is 2.24. The molecule has 1 aromatic rings. The maximum absolute atomic E-state index is 9.16. The van der Waals surface area contributed by atoms with Crippen molar-refractivity contribution >= 4 is 28.1 Å². The number of hydrogen-bond donors (Lipinski definition) is 0. The molecule has 0 N–H and O–H groups in total. The second-order valence-corrected chi connectivity index (χ2v) is 5.63. The summed E-state index contributed by atoms with van der Waals surface area (Å²) in [5, 5.41) is 12.6. The lowest BCUT2D eigenvalue weighted by Gasteiger charge is -2.36. The number of piperazine rings is 1. The van der Waals surface area contributed by atoms with E-state index >= 15 is 0 Å². The number of thiazole rings is 1. The van der Waals surface area contributed by atoms with Crippen LogP contribution in [0.25, 0.3) is 0 Å². The highest BCUT2D eigenvalue weighted by Gasteiger charge is 2.24. The number of nitrogens with zero attached hydrogens (tertiary/aromatic N) is 4. The van der Waals surface area contributed by atoms with Crippen molar-refractivity contribution in [1.82, 2.24) is 9.88 Å². The van der Waals surface area contributed by atoms with Crippen LogP contribution in [-0.4, -0.2) is 42.1 Å². The van der Waals surface area contributed by atoms with Gasteiger partial charge in [-0.05, 0) is 6.42 Å². The Morgan fingerprint density at radius 2 is 2.22 bits per heavy atom. The Hall–Kier alpha value is -0.830. The highest BCUT2D eigenvalue weighted by molar-refractivity contribution is 7.14. The summed E-state index contributed by atoms with van der Waals surface area (Å²) in [4.78, 5) is 8.80. The summed E-state index contributed by atoms with van der Waals surface area (Å²) < 4.78 is 0. The van der Waals surface area contributed by atoms with Crippen LogP contribution in [0.15, 0.2) is 5.38 Å². The number of nitriles is 1. The Morgan fingerprint density at radius 3 is 2.72 bits per heavy atom. The zero-order valence-corrected chi connectivity index (χ0v) is 12.0. The second-order valence-electron chi connectivity index (χ2n) is 4.41. The van der Waals surface area contributed by atoms with E-state index in [9.17, 15) is 0 Å². The number of hydrogen-bond acceptors (Lipinski definition) is 5. The van der Waals surface area contributed by atoms with Gasteiger partial charge in [-0.1, -0.05) is 24.9 Å². The molecule has 0 spiro atoms. The molecule has 1 aliphatic rings. The summed E-state index contributed by atoms with van der Waals surface area (Å²) in [6.45, 7) is 5.82. The minimum absolute atomic E-state index is 0.0667. The minimum atomic E-state index is 0.0667. The first-order chi connectivity index (χ1) is 8.74. The van der Waals surface area contributed by atoms with Crippen molar-refractivity contribution in [3.8, 4) is 6.07 Å². The van der Waals surface area contributed by atoms with Crippen molar-refractivity contribution in [2.75, 3.05) is 31.1 Å². The van der Waals surface area contributed by atoms with Gasteiger partial charge in [0.1, 0.15) is 5.15 Å². The quantitative estimate of drug-likeness (QED) is 0.852. The lowest BCUT2D eigenvalue weighted by molar-refractivity contribution is 0.211. The van der Waals surface area contributed by atoms with Crippen molar-refractivity contribution in [3.63, 3.8) is 0 Å². The smallest absolute Gasteiger partial charge is 0.186 e. The van der Waals surface area contributed by atoms with E-state index in [1.165, 1.54) is 0 Å². The number of halogens is 1. The normalized spacial score (nSPS) is 18.6.